The van der Waals surface area contributed by atoms with Crippen LogP contribution in [-0.4, -0.2) is 27.6 Å². The predicted molar refractivity (Wildman–Crippen MR) is 78.5 cm³/mol. The third-order valence-corrected chi connectivity index (χ3v) is 4.07. The van der Waals surface area contributed by atoms with E-state index in [1.54, 1.807) is 23.7 Å². The maximum atomic E-state index is 12.8. The molecule has 0 radical (unpaired) electrons. The fourth-order valence-electron chi connectivity index (χ4n) is 2.79. The average molecular weight is 284 g/mol. The molecule has 1 N–H and O–H groups in total. The van der Waals surface area contributed by atoms with Gasteiger partial charge in [0.15, 0.2) is 0 Å². The SMILES string of the molecule is Cc1ccc(C(=O)N2c3ccccc3CC2C(=O)O)n1C. The lowest BCUT2D eigenvalue weighted by molar-refractivity contribution is -0.138. The molecule has 1 unspecified atom stereocenters. The number of nitrogens with zero attached hydrogens (tertiary/aromatic N) is 2. The molecule has 2 aromatic rings. The Bertz CT molecular complexity index is 733. The van der Waals surface area contributed by atoms with Crippen LogP contribution in [-0.2, 0) is 18.3 Å². The largest absolute Gasteiger partial charge is 0.480 e. The van der Waals surface area contributed by atoms with Gasteiger partial charge in [-0.2, -0.15) is 0 Å². The number of carbonyl (C=O) groups excluding carboxylic acids is 1. The first-order chi connectivity index (χ1) is 10.0. The number of aryl methyl sites for hydroxylation is 1. The molecule has 3 rings (SSSR count). The first-order valence-electron chi connectivity index (χ1n) is 6.77. The second-order valence-corrected chi connectivity index (χ2v) is 5.28. The summed E-state index contributed by atoms with van der Waals surface area (Å²) in [5.74, 6) is -1.26. The van der Waals surface area contributed by atoms with Gasteiger partial charge in [-0.25, -0.2) is 4.79 Å². The van der Waals surface area contributed by atoms with E-state index in [-0.39, 0.29) is 5.91 Å². The number of hydrogen-bond donors (Lipinski definition) is 1. The van der Waals surface area contributed by atoms with Gasteiger partial charge in [-0.1, -0.05) is 18.2 Å². The summed E-state index contributed by atoms with van der Waals surface area (Å²) in [6.07, 6.45) is 0.348. The van der Waals surface area contributed by atoms with Crippen molar-refractivity contribution in [3.8, 4) is 0 Å². The van der Waals surface area contributed by atoms with Crippen LogP contribution in [0, 0.1) is 6.92 Å². The van der Waals surface area contributed by atoms with Crippen molar-refractivity contribution in [1.29, 1.82) is 0 Å². The Morgan fingerprint density at radius 3 is 2.52 bits per heavy atom. The summed E-state index contributed by atoms with van der Waals surface area (Å²) in [7, 11) is 1.81. The van der Waals surface area contributed by atoms with E-state index in [0.29, 0.717) is 17.8 Å². The van der Waals surface area contributed by atoms with Crippen LogP contribution >= 0.6 is 0 Å². The minimum absolute atomic E-state index is 0.275. The van der Waals surface area contributed by atoms with Crippen molar-refractivity contribution < 1.29 is 14.7 Å². The number of amides is 1. The van der Waals surface area contributed by atoms with E-state index in [0.717, 1.165) is 11.3 Å². The molecule has 1 aromatic heterocycles. The number of benzene rings is 1. The first kappa shape index (κ1) is 13.4. The summed E-state index contributed by atoms with van der Waals surface area (Å²) in [6.45, 7) is 1.91. The van der Waals surface area contributed by atoms with E-state index in [1.807, 2.05) is 31.2 Å². The molecule has 0 fully saturated rings. The molecular weight excluding hydrogens is 268 g/mol. The molecule has 1 aromatic carbocycles. The lowest BCUT2D eigenvalue weighted by Gasteiger charge is -2.23. The standard InChI is InChI=1S/C16H16N2O3/c1-10-7-8-13(17(10)2)15(19)18-12-6-4-3-5-11(12)9-14(18)16(20)21/h3-8,14H,9H2,1-2H3,(H,20,21). The number of aromatic nitrogens is 1. The third kappa shape index (κ3) is 2.01. The van der Waals surface area contributed by atoms with Crippen molar-refractivity contribution in [3.63, 3.8) is 0 Å². The molecule has 2 heterocycles. The molecule has 0 saturated carbocycles. The highest BCUT2D eigenvalue weighted by molar-refractivity contribution is 6.10. The molecule has 0 saturated heterocycles. The summed E-state index contributed by atoms with van der Waals surface area (Å²) in [5.41, 5.74) is 3.03. The van der Waals surface area contributed by atoms with Crippen LogP contribution in [0.15, 0.2) is 36.4 Å². The van der Waals surface area contributed by atoms with E-state index < -0.39 is 12.0 Å². The molecule has 0 spiro atoms. The summed E-state index contributed by atoms with van der Waals surface area (Å²) < 4.78 is 1.78. The second-order valence-electron chi connectivity index (χ2n) is 5.28. The number of rotatable bonds is 2. The van der Waals surface area contributed by atoms with Gasteiger partial charge in [0, 0.05) is 24.8 Å². The highest BCUT2D eigenvalue weighted by Crippen LogP contribution is 2.33. The summed E-state index contributed by atoms with van der Waals surface area (Å²) >= 11 is 0. The average Bonchev–Trinajstić information content (AvgIpc) is 3.00. The Kier molecular flexibility index (Phi) is 3.05. The van der Waals surface area contributed by atoms with Crippen LogP contribution in [0.5, 0.6) is 0 Å². The second kappa shape index (κ2) is 4.77. The topological polar surface area (TPSA) is 62.5 Å². The molecule has 1 atom stereocenters. The summed E-state index contributed by atoms with van der Waals surface area (Å²) in [6, 6.07) is 10.1. The third-order valence-electron chi connectivity index (χ3n) is 4.07. The van der Waals surface area contributed by atoms with Crippen LogP contribution < -0.4 is 4.90 Å². The molecule has 108 valence electrons. The van der Waals surface area contributed by atoms with Gasteiger partial charge in [0.05, 0.1) is 0 Å². The lowest BCUT2D eigenvalue weighted by atomic mass is 10.1. The Hall–Kier alpha value is -2.56. The number of carboxylic acids is 1. The van der Waals surface area contributed by atoms with Crippen molar-refractivity contribution in [2.75, 3.05) is 4.90 Å². The zero-order valence-electron chi connectivity index (χ0n) is 11.9. The Balaban J connectivity index is 2.08. The normalized spacial score (nSPS) is 16.9. The van der Waals surface area contributed by atoms with E-state index >= 15 is 0 Å². The maximum absolute atomic E-state index is 12.8. The molecule has 5 nitrogen and oxygen atoms in total. The van der Waals surface area contributed by atoms with Crippen LogP contribution in [0.1, 0.15) is 21.7 Å². The van der Waals surface area contributed by atoms with Crippen LogP contribution in [0.2, 0.25) is 0 Å². The van der Waals surface area contributed by atoms with Gasteiger partial charge >= 0.3 is 5.97 Å². The summed E-state index contributed by atoms with van der Waals surface area (Å²) in [5, 5.41) is 9.43. The molecule has 1 amide bonds. The van der Waals surface area contributed by atoms with Gasteiger partial charge in [0.2, 0.25) is 0 Å². The molecule has 21 heavy (non-hydrogen) atoms. The van der Waals surface area contributed by atoms with Crippen LogP contribution in [0.3, 0.4) is 0 Å². The Labute approximate surface area is 122 Å². The lowest BCUT2D eigenvalue weighted by Crippen LogP contribution is -2.43. The first-order valence-corrected chi connectivity index (χ1v) is 6.77. The molecule has 0 aliphatic carbocycles. The molecular formula is C16H16N2O3. The Morgan fingerprint density at radius 2 is 1.90 bits per heavy atom. The number of hydrogen-bond acceptors (Lipinski definition) is 2. The number of carbonyl (C=O) groups is 2. The van der Waals surface area contributed by atoms with E-state index in [2.05, 4.69) is 0 Å². The molecule has 0 bridgehead atoms. The van der Waals surface area contributed by atoms with Gasteiger partial charge in [-0.3, -0.25) is 9.69 Å². The van der Waals surface area contributed by atoms with E-state index in [1.165, 1.54) is 4.90 Å². The quantitative estimate of drug-likeness (QED) is 0.917. The predicted octanol–water partition coefficient (Wildman–Crippen LogP) is 1.99. The zero-order valence-corrected chi connectivity index (χ0v) is 11.9. The number of para-hydroxylation sites is 1. The van der Waals surface area contributed by atoms with Crippen molar-refractivity contribution in [2.24, 2.45) is 7.05 Å². The van der Waals surface area contributed by atoms with Crippen molar-refractivity contribution >= 4 is 17.6 Å². The smallest absolute Gasteiger partial charge is 0.327 e. The highest BCUT2D eigenvalue weighted by Gasteiger charge is 2.39. The fraction of sp³-hybridized carbons (Fsp3) is 0.250. The number of aliphatic carboxylic acids is 1. The molecule has 5 heteroatoms. The minimum atomic E-state index is -0.981. The monoisotopic (exact) mass is 284 g/mol. The molecule has 1 aliphatic heterocycles. The van der Waals surface area contributed by atoms with Crippen molar-refractivity contribution in [2.45, 2.75) is 19.4 Å². The zero-order chi connectivity index (χ0) is 15.1. The number of anilines is 1. The van der Waals surface area contributed by atoms with Gasteiger partial charge in [0.25, 0.3) is 5.91 Å². The minimum Gasteiger partial charge on any atom is -0.480 e. The van der Waals surface area contributed by atoms with E-state index in [4.69, 9.17) is 0 Å². The van der Waals surface area contributed by atoms with Gasteiger partial charge in [0.1, 0.15) is 11.7 Å². The summed E-state index contributed by atoms with van der Waals surface area (Å²) in [4.78, 5) is 25.7. The molecule has 1 aliphatic rings. The van der Waals surface area contributed by atoms with Crippen molar-refractivity contribution in [3.05, 3.63) is 53.3 Å². The van der Waals surface area contributed by atoms with E-state index in [9.17, 15) is 14.7 Å². The van der Waals surface area contributed by atoms with Gasteiger partial charge < -0.3 is 9.67 Å². The maximum Gasteiger partial charge on any atom is 0.327 e. The Morgan fingerprint density at radius 1 is 1.19 bits per heavy atom. The van der Waals surface area contributed by atoms with Crippen LogP contribution in [0.4, 0.5) is 5.69 Å². The fourth-order valence-corrected chi connectivity index (χ4v) is 2.79. The number of carboxylic acid groups (broad SMARTS) is 1. The van der Waals surface area contributed by atoms with Gasteiger partial charge in [-0.05, 0) is 30.7 Å². The van der Waals surface area contributed by atoms with Crippen molar-refractivity contribution in [1.82, 2.24) is 4.57 Å². The van der Waals surface area contributed by atoms with Crippen LogP contribution in [0.25, 0.3) is 0 Å². The van der Waals surface area contributed by atoms with Gasteiger partial charge in [-0.15, -0.1) is 0 Å². The number of fused-ring (bicyclic) bond motifs is 1. The highest BCUT2D eigenvalue weighted by atomic mass is 16.4.